The van der Waals surface area contributed by atoms with Crippen molar-refractivity contribution in [2.45, 2.75) is 0 Å². The molecule has 7 aromatic rings. The van der Waals surface area contributed by atoms with E-state index in [1.807, 2.05) is 0 Å². The Morgan fingerprint density at radius 2 is 0.846 bits per heavy atom. The number of hydrogen-bond acceptors (Lipinski definition) is 0. The van der Waals surface area contributed by atoms with Gasteiger partial charge in [0.25, 0.3) is 0 Å². The average Bonchev–Trinajstić information content (AvgIpc) is 2.95. The third-order valence-corrected chi connectivity index (χ3v) is 6.87. The van der Waals surface area contributed by atoms with Gasteiger partial charge < -0.3 is 17.3 Å². The smallest absolute Gasteiger partial charge is 0.418 e. The van der Waals surface area contributed by atoms with Gasteiger partial charge in [-0.2, -0.15) is 4.57 Å². The van der Waals surface area contributed by atoms with Gasteiger partial charge in [-0.15, -0.1) is 0 Å². The Bertz CT molecular complexity index is 1850. The van der Waals surface area contributed by atoms with Crippen LogP contribution in [0.2, 0.25) is 0 Å². The molecule has 7 rings (SSSR count). The summed E-state index contributed by atoms with van der Waals surface area (Å²) in [6.45, 7) is 0. The van der Waals surface area contributed by atoms with Crippen LogP contribution < -0.4 is 4.57 Å². The molecule has 0 fully saturated rings. The molecule has 0 aliphatic heterocycles. The summed E-state index contributed by atoms with van der Waals surface area (Å²) in [5.41, 5.74) is 6.14. The zero-order valence-electron chi connectivity index (χ0n) is 20.7. The first-order valence-corrected chi connectivity index (χ1v) is 12.6. The number of halogens is 4. The van der Waals surface area contributed by atoms with Crippen LogP contribution in [0.25, 0.3) is 60.2 Å². The third-order valence-electron chi connectivity index (χ3n) is 6.87. The lowest BCUT2D eigenvalue weighted by Crippen LogP contribution is -2.33. The van der Waals surface area contributed by atoms with Crippen LogP contribution in [0.4, 0.5) is 17.3 Å². The molecule has 0 radical (unpaired) electrons. The fourth-order valence-corrected chi connectivity index (χ4v) is 5.42. The van der Waals surface area contributed by atoms with Crippen LogP contribution in [0.5, 0.6) is 0 Å². The monoisotopic (exact) mass is 519 g/mol. The Balaban J connectivity index is 0.000000510. The first-order chi connectivity index (χ1) is 18.9. The Kier molecular flexibility index (Phi) is 6.24. The van der Waals surface area contributed by atoms with Crippen molar-refractivity contribution in [2.24, 2.45) is 0 Å². The maximum absolute atomic E-state index is 9.75. The van der Waals surface area contributed by atoms with Crippen molar-refractivity contribution in [3.63, 3.8) is 0 Å². The minimum absolute atomic E-state index is 1.17. The van der Waals surface area contributed by atoms with E-state index >= 15 is 0 Å². The van der Waals surface area contributed by atoms with Crippen LogP contribution in [0.3, 0.4) is 0 Å². The molecular formula is C33H22BF4N. The number of hydrogen-bond donors (Lipinski definition) is 0. The summed E-state index contributed by atoms with van der Waals surface area (Å²) in [6, 6.07) is 48.1. The van der Waals surface area contributed by atoms with Gasteiger partial charge in [0.1, 0.15) is 0 Å². The second-order valence-corrected chi connectivity index (χ2v) is 9.27. The largest absolute Gasteiger partial charge is 0.673 e. The molecule has 0 unspecified atom stereocenters. The standard InChI is InChI=1S/C33H22N.BF4/c1-3-13-25(14-4-1)31-32-27-17-9-7-11-23(27)19-21-29(32)34(26-15-5-2-6-16-26)30-22-20-24-12-8-10-18-28(24)33(30)31;2-1(3,4)5/h1-22H;/q+1;-1. The number of pyridine rings is 1. The molecule has 0 aliphatic rings. The fraction of sp³-hybridized carbons (Fsp3) is 0. The Hall–Kier alpha value is -4.71. The maximum atomic E-state index is 9.75. The summed E-state index contributed by atoms with van der Waals surface area (Å²) in [5.74, 6) is 0. The lowest BCUT2D eigenvalue weighted by atomic mass is 9.90. The number of benzene rings is 6. The van der Waals surface area contributed by atoms with Crippen LogP contribution in [-0.2, 0) is 0 Å². The summed E-state index contributed by atoms with van der Waals surface area (Å²) in [5, 5.41) is 7.64. The van der Waals surface area contributed by atoms with Gasteiger partial charge >= 0.3 is 7.25 Å². The van der Waals surface area contributed by atoms with E-state index in [1.54, 1.807) is 0 Å². The van der Waals surface area contributed by atoms with Crippen LogP contribution in [0.1, 0.15) is 0 Å². The molecule has 6 heteroatoms. The second kappa shape index (κ2) is 9.88. The highest BCUT2D eigenvalue weighted by atomic mass is 19.5. The van der Waals surface area contributed by atoms with Crippen LogP contribution in [0, 0.1) is 0 Å². The van der Waals surface area contributed by atoms with E-state index < -0.39 is 7.25 Å². The van der Waals surface area contributed by atoms with Crippen LogP contribution in [0.15, 0.2) is 133 Å². The van der Waals surface area contributed by atoms with Crippen LogP contribution >= 0.6 is 0 Å². The molecule has 1 heterocycles. The van der Waals surface area contributed by atoms with Crippen molar-refractivity contribution in [1.82, 2.24) is 0 Å². The van der Waals surface area contributed by atoms with E-state index in [-0.39, 0.29) is 0 Å². The Morgan fingerprint density at radius 3 is 1.33 bits per heavy atom. The molecule has 0 amide bonds. The van der Waals surface area contributed by atoms with Crippen molar-refractivity contribution >= 4 is 50.6 Å². The highest BCUT2D eigenvalue weighted by Gasteiger charge is 2.26. The van der Waals surface area contributed by atoms with Crippen molar-refractivity contribution < 1.29 is 21.8 Å². The van der Waals surface area contributed by atoms with Crippen molar-refractivity contribution in [3.05, 3.63) is 133 Å². The quantitative estimate of drug-likeness (QED) is 0.0704. The molecule has 1 aromatic heterocycles. The SMILES string of the molecule is F[B-](F)(F)F.c1ccc(-c2c3c4ccccc4ccc3[n+](-c3ccccc3)c3ccc4ccccc4c23)cc1. The molecule has 0 saturated heterocycles. The molecule has 190 valence electrons. The van der Waals surface area contributed by atoms with Gasteiger partial charge in [-0.25, -0.2) is 0 Å². The molecule has 0 atom stereocenters. The van der Waals surface area contributed by atoms with E-state index in [0.29, 0.717) is 0 Å². The fourth-order valence-electron chi connectivity index (χ4n) is 5.42. The summed E-state index contributed by atoms with van der Waals surface area (Å²) in [7, 11) is -6.00. The predicted octanol–water partition coefficient (Wildman–Crippen LogP) is 9.54. The van der Waals surface area contributed by atoms with Gasteiger partial charge in [-0.3, -0.25) is 0 Å². The molecule has 0 bridgehead atoms. The molecule has 0 saturated carbocycles. The molecule has 39 heavy (non-hydrogen) atoms. The maximum Gasteiger partial charge on any atom is 0.673 e. The van der Waals surface area contributed by atoms with E-state index in [2.05, 4.69) is 138 Å². The number of aromatic nitrogens is 1. The summed E-state index contributed by atoms with van der Waals surface area (Å²) in [4.78, 5) is 0. The van der Waals surface area contributed by atoms with E-state index in [9.17, 15) is 17.3 Å². The molecule has 1 nitrogen and oxygen atoms in total. The van der Waals surface area contributed by atoms with Crippen molar-refractivity contribution in [1.29, 1.82) is 0 Å². The van der Waals surface area contributed by atoms with Gasteiger partial charge in [-0.1, -0.05) is 97.1 Å². The summed E-state index contributed by atoms with van der Waals surface area (Å²) >= 11 is 0. The van der Waals surface area contributed by atoms with Gasteiger partial charge in [-0.05, 0) is 39.2 Å². The zero-order valence-corrected chi connectivity index (χ0v) is 20.7. The normalized spacial score (nSPS) is 11.6. The topological polar surface area (TPSA) is 3.88 Å². The zero-order chi connectivity index (χ0) is 27.0. The Labute approximate surface area is 222 Å². The number of nitrogens with zero attached hydrogens (tertiary/aromatic N) is 1. The van der Waals surface area contributed by atoms with Gasteiger partial charge in [0, 0.05) is 29.8 Å². The van der Waals surface area contributed by atoms with Gasteiger partial charge in [0.15, 0.2) is 0 Å². The first kappa shape index (κ1) is 24.6. The van der Waals surface area contributed by atoms with Crippen LogP contribution in [-0.4, -0.2) is 7.25 Å². The van der Waals surface area contributed by atoms with E-state index in [4.69, 9.17) is 0 Å². The average molecular weight is 519 g/mol. The molecular weight excluding hydrogens is 497 g/mol. The highest BCUT2D eigenvalue weighted by Crippen LogP contribution is 2.41. The number of para-hydroxylation sites is 1. The van der Waals surface area contributed by atoms with Gasteiger partial charge in [0.05, 0.1) is 10.8 Å². The molecule has 0 spiro atoms. The number of rotatable bonds is 2. The second-order valence-electron chi connectivity index (χ2n) is 9.27. The third kappa shape index (κ3) is 4.70. The summed E-state index contributed by atoms with van der Waals surface area (Å²) < 4.78 is 41.4. The molecule has 6 aromatic carbocycles. The van der Waals surface area contributed by atoms with Gasteiger partial charge in [0.2, 0.25) is 16.7 Å². The minimum atomic E-state index is -6.00. The summed E-state index contributed by atoms with van der Waals surface area (Å²) in [6.07, 6.45) is 0. The lowest BCUT2D eigenvalue weighted by molar-refractivity contribution is -0.537. The molecule has 0 N–H and O–H groups in total. The van der Waals surface area contributed by atoms with E-state index in [1.165, 1.54) is 60.2 Å². The predicted molar refractivity (Wildman–Crippen MR) is 154 cm³/mol. The first-order valence-electron chi connectivity index (χ1n) is 12.6. The van der Waals surface area contributed by atoms with Crippen molar-refractivity contribution in [3.8, 4) is 16.8 Å². The molecule has 0 aliphatic carbocycles. The lowest BCUT2D eigenvalue weighted by Gasteiger charge is -2.16. The van der Waals surface area contributed by atoms with Crippen molar-refractivity contribution in [2.75, 3.05) is 0 Å². The number of fused-ring (bicyclic) bond motifs is 6. The minimum Gasteiger partial charge on any atom is -0.418 e. The highest BCUT2D eigenvalue weighted by molar-refractivity contribution is 6.50. The Morgan fingerprint density at radius 1 is 0.436 bits per heavy atom. The van der Waals surface area contributed by atoms with E-state index in [0.717, 1.165) is 0 Å².